The number of carbonyl (C=O) groups excluding carboxylic acids is 1. The monoisotopic (exact) mass is 383 g/mol. The van der Waals surface area contributed by atoms with E-state index in [0.717, 1.165) is 0 Å². The highest BCUT2D eigenvalue weighted by Gasteiger charge is 2.25. The van der Waals surface area contributed by atoms with Gasteiger partial charge in [0.25, 0.3) is 0 Å². The minimum absolute atomic E-state index is 0.0361. The molecule has 0 unspecified atom stereocenters. The van der Waals surface area contributed by atoms with Gasteiger partial charge in [-0.25, -0.2) is 9.97 Å². The molecule has 5 N–H and O–H groups in total. The van der Waals surface area contributed by atoms with E-state index in [1.807, 2.05) is 6.26 Å². The first kappa shape index (κ1) is 18.9. The normalized spacial score (nSPS) is 17.3. The largest absolute Gasteiger partial charge is 0.394 e. The Balaban J connectivity index is 1.95. The number of aromatic nitrogens is 3. The van der Waals surface area contributed by atoms with E-state index in [0.29, 0.717) is 27.7 Å². The fourth-order valence-corrected chi connectivity index (χ4v) is 3.04. The van der Waals surface area contributed by atoms with Gasteiger partial charge in [-0.1, -0.05) is 11.8 Å². The first-order chi connectivity index (χ1) is 12.4. The Morgan fingerprint density at radius 1 is 1.42 bits per heavy atom. The number of nitrogens with zero attached hydrogens (tertiary/aromatic N) is 3. The number of aliphatic hydroxyl groups is 3. The molecule has 1 aliphatic rings. The minimum atomic E-state index is -1.23. The first-order valence-electron chi connectivity index (χ1n) is 8.01. The summed E-state index contributed by atoms with van der Waals surface area (Å²) in [6, 6.07) is 0. The van der Waals surface area contributed by atoms with E-state index in [2.05, 4.69) is 20.6 Å². The minimum Gasteiger partial charge on any atom is -0.394 e. The molecule has 10 nitrogen and oxygen atoms in total. The van der Waals surface area contributed by atoms with Crippen LogP contribution < -0.4 is 10.6 Å². The summed E-state index contributed by atoms with van der Waals surface area (Å²) in [4.78, 5) is 20.7. The molecule has 3 heterocycles. The first-order valence-corrected chi connectivity index (χ1v) is 9.24. The number of hydrogen-bond donors (Lipinski definition) is 5. The molecule has 0 spiro atoms. The van der Waals surface area contributed by atoms with Gasteiger partial charge in [0.05, 0.1) is 30.3 Å². The Bertz CT molecular complexity index is 811. The maximum absolute atomic E-state index is 11.9. The molecule has 1 aliphatic heterocycles. The van der Waals surface area contributed by atoms with E-state index in [-0.39, 0.29) is 19.2 Å². The van der Waals surface area contributed by atoms with Gasteiger partial charge in [-0.2, -0.15) is 0 Å². The number of anilines is 2. The highest BCUT2D eigenvalue weighted by atomic mass is 32.2. The number of thioether (sulfide) groups is 1. The highest BCUT2D eigenvalue weighted by Crippen LogP contribution is 2.33. The molecule has 0 aromatic carbocycles. The molecule has 3 atom stereocenters. The molecule has 11 heteroatoms. The molecular formula is C15H21N5O5S. The third-order valence-electron chi connectivity index (χ3n) is 4.05. The number of rotatable bonds is 7. The molecule has 0 fully saturated rings. The van der Waals surface area contributed by atoms with Crippen molar-refractivity contribution in [1.29, 1.82) is 0 Å². The van der Waals surface area contributed by atoms with Crippen molar-refractivity contribution < 1.29 is 24.9 Å². The Morgan fingerprint density at radius 3 is 2.85 bits per heavy atom. The van der Waals surface area contributed by atoms with Crippen LogP contribution in [-0.4, -0.2) is 73.5 Å². The van der Waals surface area contributed by atoms with E-state index in [4.69, 9.17) is 4.74 Å². The number of hydrogen-bond acceptors (Lipinski definition) is 9. The average Bonchev–Trinajstić information content (AvgIpc) is 2.88. The van der Waals surface area contributed by atoms with E-state index < -0.39 is 24.9 Å². The second-order valence-electron chi connectivity index (χ2n) is 5.92. The van der Waals surface area contributed by atoms with E-state index in [1.54, 1.807) is 10.8 Å². The number of amides is 1. The van der Waals surface area contributed by atoms with Crippen LogP contribution in [0.4, 0.5) is 11.5 Å². The van der Waals surface area contributed by atoms with Crippen LogP contribution in [0.25, 0.3) is 11.0 Å². The van der Waals surface area contributed by atoms with Crippen molar-refractivity contribution >= 4 is 40.2 Å². The zero-order valence-electron chi connectivity index (χ0n) is 14.3. The lowest BCUT2D eigenvalue weighted by Gasteiger charge is -2.23. The Kier molecular flexibility index (Phi) is 5.63. The van der Waals surface area contributed by atoms with Gasteiger partial charge in [0.15, 0.2) is 10.8 Å². The van der Waals surface area contributed by atoms with Crippen molar-refractivity contribution in [3.63, 3.8) is 0 Å². The second kappa shape index (κ2) is 7.76. The summed E-state index contributed by atoms with van der Waals surface area (Å²) >= 11 is 1.37. The van der Waals surface area contributed by atoms with Crippen LogP contribution in [0.5, 0.6) is 0 Å². The molecule has 142 valence electrons. The zero-order valence-corrected chi connectivity index (χ0v) is 15.2. The summed E-state index contributed by atoms with van der Waals surface area (Å²) < 4.78 is 7.21. The number of aliphatic hydroxyl groups excluding tert-OH is 3. The van der Waals surface area contributed by atoms with Crippen molar-refractivity contribution in [2.45, 2.75) is 37.1 Å². The molecule has 2 aromatic heterocycles. The zero-order chi connectivity index (χ0) is 18.8. The number of carbonyl (C=O) groups is 1. The molecule has 0 bridgehead atoms. The summed E-state index contributed by atoms with van der Waals surface area (Å²) in [5.41, 5.74) is 1.10. The molecule has 0 radical (unpaired) electrons. The molecule has 1 amide bonds. The second-order valence-corrected chi connectivity index (χ2v) is 6.69. The third kappa shape index (κ3) is 3.62. The summed E-state index contributed by atoms with van der Waals surface area (Å²) in [6.07, 6.45) is 0.280. The van der Waals surface area contributed by atoms with Gasteiger partial charge in [-0.05, 0) is 13.2 Å². The summed E-state index contributed by atoms with van der Waals surface area (Å²) in [5.74, 6) is 0.348. The van der Waals surface area contributed by atoms with Crippen LogP contribution >= 0.6 is 11.8 Å². The lowest BCUT2D eigenvalue weighted by molar-refractivity contribution is -0.119. The van der Waals surface area contributed by atoms with Crippen LogP contribution in [0.15, 0.2) is 11.4 Å². The molecule has 26 heavy (non-hydrogen) atoms. The van der Waals surface area contributed by atoms with Crippen molar-refractivity contribution in [3.05, 3.63) is 6.20 Å². The van der Waals surface area contributed by atoms with Gasteiger partial charge in [0.2, 0.25) is 5.91 Å². The molecule has 3 rings (SSSR count). The standard InChI is InChI=1S/C15H21N5O5S/c1-7(22)12(24)9(5-21)25-6-20-4-8-11-13(16-3-10(23)17-8)18-15(26-2)19-14(11)20/h4,7,9,12,21-22,24H,3,5-6H2,1-2H3,(H,17,23)(H,16,18,19)/t7-,9+,12-/m0/s1. The van der Waals surface area contributed by atoms with Gasteiger partial charge in [-0.15, -0.1) is 0 Å². The predicted molar refractivity (Wildman–Crippen MR) is 96.1 cm³/mol. The molecule has 0 saturated heterocycles. The Labute approximate surface area is 153 Å². The van der Waals surface area contributed by atoms with Gasteiger partial charge in [-0.3, -0.25) is 4.79 Å². The summed E-state index contributed by atoms with van der Waals surface area (Å²) in [7, 11) is 0. The fraction of sp³-hybridized carbons (Fsp3) is 0.533. The van der Waals surface area contributed by atoms with Crippen molar-refractivity contribution in [1.82, 2.24) is 14.5 Å². The summed E-state index contributed by atoms with van der Waals surface area (Å²) in [6.45, 7) is 1.04. The van der Waals surface area contributed by atoms with Gasteiger partial charge >= 0.3 is 0 Å². The van der Waals surface area contributed by atoms with Crippen LogP contribution in [-0.2, 0) is 16.3 Å². The Hall–Kier alpha value is -1.92. The predicted octanol–water partition coefficient (Wildman–Crippen LogP) is -0.406. The maximum atomic E-state index is 11.9. The SMILES string of the molecule is CSc1nc2c3c(cn(CO[C@H](CO)[C@@H](O)[C@H](C)O)c3n1)NC(=O)CN2. The molecular weight excluding hydrogens is 362 g/mol. The van der Waals surface area contributed by atoms with Crippen LogP contribution in [0.2, 0.25) is 0 Å². The highest BCUT2D eigenvalue weighted by molar-refractivity contribution is 7.98. The van der Waals surface area contributed by atoms with Gasteiger partial charge in [0, 0.05) is 6.20 Å². The maximum Gasteiger partial charge on any atom is 0.243 e. The fourth-order valence-electron chi connectivity index (χ4n) is 2.68. The van der Waals surface area contributed by atoms with Gasteiger partial charge < -0.3 is 35.3 Å². The van der Waals surface area contributed by atoms with Crippen molar-refractivity contribution in [2.24, 2.45) is 0 Å². The summed E-state index contributed by atoms with van der Waals surface area (Å²) in [5, 5.41) is 35.7. The number of nitrogens with one attached hydrogen (secondary N) is 2. The van der Waals surface area contributed by atoms with Crippen molar-refractivity contribution in [2.75, 3.05) is 30.0 Å². The van der Waals surface area contributed by atoms with Crippen molar-refractivity contribution in [3.8, 4) is 0 Å². The third-order valence-corrected chi connectivity index (χ3v) is 4.60. The quantitative estimate of drug-likeness (QED) is 0.319. The van der Waals surface area contributed by atoms with Crippen LogP contribution in [0, 0.1) is 0 Å². The van der Waals surface area contributed by atoms with E-state index >= 15 is 0 Å². The van der Waals surface area contributed by atoms with Crippen LogP contribution in [0.1, 0.15) is 6.92 Å². The van der Waals surface area contributed by atoms with Gasteiger partial charge in [0.1, 0.15) is 24.8 Å². The smallest absolute Gasteiger partial charge is 0.243 e. The van der Waals surface area contributed by atoms with E-state index in [9.17, 15) is 20.1 Å². The van der Waals surface area contributed by atoms with Crippen LogP contribution in [0.3, 0.4) is 0 Å². The topological polar surface area (TPSA) is 142 Å². The van der Waals surface area contributed by atoms with E-state index in [1.165, 1.54) is 18.7 Å². The number of ether oxygens (including phenoxy) is 1. The average molecular weight is 383 g/mol. The molecule has 2 aromatic rings. The molecule has 0 saturated carbocycles. The molecule has 0 aliphatic carbocycles. The lowest BCUT2D eigenvalue weighted by Crippen LogP contribution is -2.40. The Morgan fingerprint density at radius 2 is 2.19 bits per heavy atom. The lowest BCUT2D eigenvalue weighted by atomic mass is 10.1.